The molecule has 0 aromatic heterocycles. The third kappa shape index (κ3) is 9.76. The molecule has 0 N–H and O–H groups in total. The summed E-state index contributed by atoms with van der Waals surface area (Å²) >= 11 is 0.778. The van der Waals surface area contributed by atoms with Gasteiger partial charge in [0.25, 0.3) is 0 Å². The molecule has 0 aromatic carbocycles. The van der Waals surface area contributed by atoms with Crippen molar-refractivity contribution in [3.63, 3.8) is 0 Å². The molecular formula is H3AlBClLi. The summed E-state index contributed by atoms with van der Waals surface area (Å²) in [7, 11) is 4.78. The second kappa shape index (κ2) is 24.7. The van der Waals surface area contributed by atoms with Gasteiger partial charge in [-0.15, -0.1) is 0 Å². The molecule has 0 aliphatic carbocycles. The van der Waals surface area contributed by atoms with Gasteiger partial charge in [-0.1, -0.05) is 0 Å². The van der Waals surface area contributed by atoms with E-state index in [0.717, 1.165) is 15.4 Å². The van der Waals surface area contributed by atoms with Crippen molar-refractivity contribution in [3.05, 3.63) is 0 Å². The van der Waals surface area contributed by atoms with Crippen LogP contribution in [0.3, 0.4) is 0 Å². The van der Waals surface area contributed by atoms with Crippen LogP contribution in [0, 0.1) is 0 Å². The molecule has 0 fully saturated rings. The molecule has 0 nitrogen and oxygen atoms in total. The molecule has 0 heterocycles. The zero-order valence-corrected chi connectivity index (χ0v) is 5.71. The normalized spacial score (nSPS) is 1.25. The molecule has 0 unspecified atom stereocenters. The van der Waals surface area contributed by atoms with Crippen molar-refractivity contribution >= 4 is 33.8 Å². The summed E-state index contributed by atoms with van der Waals surface area (Å²) in [6, 6.07) is 0. The zero-order valence-electron chi connectivity index (χ0n) is 3.96. The summed E-state index contributed by atoms with van der Waals surface area (Å²) in [4.78, 5) is 0. The Labute approximate surface area is 54.1 Å². The van der Waals surface area contributed by atoms with E-state index >= 15 is 0 Å². The standard InChI is InChI=1S/Al.B.ClH.Li.3H/h;;1H;;;;/q+1;;;+1;;;-1/p-1. The maximum Gasteiger partial charge on any atom is 1.00 e. The van der Waals surface area contributed by atoms with E-state index < -0.39 is 0 Å². The van der Waals surface area contributed by atoms with Gasteiger partial charge in [-0.25, -0.2) is 0 Å². The summed E-state index contributed by atoms with van der Waals surface area (Å²) in [6.07, 6.45) is 0. The number of rotatable bonds is 0. The first-order chi connectivity index (χ1) is 1.00. The van der Waals surface area contributed by atoms with Crippen molar-refractivity contribution in [2.24, 2.45) is 0 Å². The number of halogens is 1. The van der Waals surface area contributed by atoms with Crippen LogP contribution in [-0.2, 0) is 0 Å². The Bertz CT molecular complexity index is 11.6. The second-order valence-electron chi connectivity index (χ2n) is 0. The molecule has 0 aliphatic heterocycles. The summed E-state index contributed by atoms with van der Waals surface area (Å²) in [5, 5.41) is 0. The Kier molecular flexibility index (Phi) is 110. The van der Waals surface area contributed by atoms with Crippen LogP contribution in [0.2, 0.25) is 0 Å². The zero-order chi connectivity index (χ0) is 2.00. The summed E-state index contributed by atoms with van der Waals surface area (Å²) in [6.45, 7) is 0. The van der Waals surface area contributed by atoms with E-state index in [-0.39, 0.29) is 28.7 Å². The molecule has 0 amide bonds. The molecule has 0 rings (SSSR count). The molecule has 17 valence electrons. The SMILES string of the molecule is [AlH2][Cl].[B].[H-].[Li+]. The smallest absolute Gasteiger partial charge is 1.00 e. The van der Waals surface area contributed by atoms with Crippen LogP contribution in [0.4, 0.5) is 0 Å². The fraction of sp³-hybridized carbons (Fsp3) is 0. The molecule has 0 spiro atoms. The molecule has 0 aromatic rings. The van der Waals surface area contributed by atoms with Gasteiger partial charge in [-0.3, -0.25) is 10.0 Å². The summed E-state index contributed by atoms with van der Waals surface area (Å²) in [5.41, 5.74) is 0. The molecule has 0 bridgehead atoms. The predicted octanol–water partition coefficient (Wildman–Crippen LogP) is -3.49. The average Bonchev–Trinajstić information content (AvgIpc) is 1.00. The van der Waals surface area contributed by atoms with Crippen LogP contribution in [0.15, 0.2) is 0 Å². The van der Waals surface area contributed by atoms with Gasteiger partial charge in [0.2, 0.25) is 0 Å². The van der Waals surface area contributed by atoms with Crippen molar-refractivity contribution in [1.29, 1.82) is 0 Å². The van der Waals surface area contributed by atoms with Crippen LogP contribution in [-0.4, -0.2) is 23.8 Å². The van der Waals surface area contributed by atoms with Crippen LogP contribution in [0.1, 0.15) is 1.43 Å². The first kappa shape index (κ1) is 17.9. The predicted molar refractivity (Wildman–Crippen MR) is 21.3 cm³/mol. The first-order valence-electron chi connectivity index (χ1n) is 0.378. The van der Waals surface area contributed by atoms with E-state index in [4.69, 9.17) is 10.0 Å². The van der Waals surface area contributed by atoms with Gasteiger partial charge in [0.05, 0.1) is 0 Å². The van der Waals surface area contributed by atoms with Crippen molar-refractivity contribution in [2.45, 2.75) is 0 Å². The fourth-order valence-electron chi connectivity index (χ4n) is 0. The van der Waals surface area contributed by atoms with Crippen LogP contribution >= 0.6 is 10.0 Å². The molecule has 4 heteroatoms. The first-order valence-corrected chi connectivity index (χ1v) is 3.40. The van der Waals surface area contributed by atoms with E-state index in [9.17, 15) is 0 Å². The third-order valence-corrected chi connectivity index (χ3v) is 0. The maximum absolute atomic E-state index is 4.78. The Morgan fingerprint density at radius 2 is 1.50 bits per heavy atom. The number of hydrogen-bond donors (Lipinski definition) is 0. The molecule has 0 saturated carbocycles. The Morgan fingerprint density at radius 3 is 1.50 bits per heavy atom. The van der Waals surface area contributed by atoms with Crippen molar-refractivity contribution < 1.29 is 20.3 Å². The van der Waals surface area contributed by atoms with Gasteiger partial charge in [0, 0.05) is 8.41 Å². The maximum atomic E-state index is 4.78. The monoisotopic (exact) mass is 83.0 g/mol. The van der Waals surface area contributed by atoms with Crippen LogP contribution in [0.5, 0.6) is 0 Å². The van der Waals surface area contributed by atoms with E-state index in [0.29, 0.717) is 0 Å². The van der Waals surface area contributed by atoms with Gasteiger partial charge in [0.1, 0.15) is 0 Å². The fourth-order valence-corrected chi connectivity index (χ4v) is 0. The van der Waals surface area contributed by atoms with Gasteiger partial charge < -0.3 is 1.43 Å². The minimum Gasteiger partial charge on any atom is -1.00 e. The Morgan fingerprint density at radius 1 is 1.50 bits per heavy atom. The van der Waals surface area contributed by atoms with E-state index in [2.05, 4.69) is 0 Å². The molecule has 4 heavy (non-hydrogen) atoms. The molecule has 0 aliphatic rings. The van der Waals surface area contributed by atoms with Gasteiger partial charge in [0.15, 0.2) is 0 Å². The van der Waals surface area contributed by atoms with Crippen LogP contribution in [0.25, 0.3) is 0 Å². The van der Waals surface area contributed by atoms with E-state index in [1.807, 2.05) is 0 Å². The molecule has 0 saturated heterocycles. The van der Waals surface area contributed by atoms with E-state index in [1.165, 1.54) is 0 Å². The van der Waals surface area contributed by atoms with Crippen molar-refractivity contribution in [2.75, 3.05) is 0 Å². The van der Waals surface area contributed by atoms with Gasteiger partial charge in [-0.05, 0) is 0 Å². The minimum atomic E-state index is 0. The minimum absolute atomic E-state index is 0. The average molecular weight is 83.2 g/mol. The number of hydrogen-bond acceptors (Lipinski definition) is 0. The quantitative estimate of drug-likeness (QED) is 0.267. The van der Waals surface area contributed by atoms with Gasteiger partial charge >= 0.3 is 34.2 Å². The van der Waals surface area contributed by atoms with Gasteiger partial charge in [-0.2, -0.15) is 0 Å². The molecule has 0 atom stereocenters. The molecular weight excluding hydrogens is 80.2 g/mol. The third-order valence-electron chi connectivity index (χ3n) is 0. The van der Waals surface area contributed by atoms with Crippen LogP contribution < -0.4 is 18.9 Å². The van der Waals surface area contributed by atoms with E-state index in [1.54, 1.807) is 0 Å². The second-order valence-corrected chi connectivity index (χ2v) is 0. The summed E-state index contributed by atoms with van der Waals surface area (Å²) < 4.78 is 0. The largest absolute Gasteiger partial charge is 1.00 e. The molecule has 3 radical (unpaired) electrons. The Balaban J connectivity index is -0.00000000167. The van der Waals surface area contributed by atoms with Crippen molar-refractivity contribution in [1.82, 2.24) is 0 Å². The van der Waals surface area contributed by atoms with Crippen molar-refractivity contribution in [3.8, 4) is 0 Å². The topological polar surface area (TPSA) is 0 Å². The Hall–Kier alpha value is 1.48. The summed E-state index contributed by atoms with van der Waals surface area (Å²) in [5.74, 6) is 0.